The fourth-order valence-corrected chi connectivity index (χ4v) is 4.93. The minimum absolute atomic E-state index is 0.00808. The van der Waals surface area contributed by atoms with Crippen LogP contribution in [0.3, 0.4) is 0 Å². The highest BCUT2D eigenvalue weighted by atomic mass is 32.1. The highest BCUT2D eigenvalue weighted by Crippen LogP contribution is 2.26. The Hall–Kier alpha value is -3.26. The highest BCUT2D eigenvalue weighted by molar-refractivity contribution is 7.13. The summed E-state index contributed by atoms with van der Waals surface area (Å²) in [4.78, 5) is 27.8. The van der Waals surface area contributed by atoms with Crippen molar-refractivity contribution in [3.8, 4) is 0 Å². The van der Waals surface area contributed by atoms with Crippen LogP contribution in [0.5, 0.6) is 0 Å². The average molecular weight is 434 g/mol. The van der Waals surface area contributed by atoms with Gasteiger partial charge in [-0.15, -0.1) is 0 Å². The molecule has 1 fully saturated rings. The first-order valence-electron chi connectivity index (χ1n) is 10.4. The fourth-order valence-electron chi connectivity index (χ4n) is 4.24. The van der Waals surface area contributed by atoms with E-state index in [-0.39, 0.29) is 17.7 Å². The number of piperidine rings is 1. The summed E-state index contributed by atoms with van der Waals surface area (Å²) in [7, 11) is 0. The Morgan fingerprint density at radius 1 is 1.23 bits per heavy atom. The molecule has 3 heterocycles. The molecular formula is C23H23N5O2S. The van der Waals surface area contributed by atoms with Crippen LogP contribution < -0.4 is 5.32 Å². The molecule has 1 saturated heterocycles. The molecule has 8 heteroatoms. The number of hydrogen-bond acceptors (Lipinski definition) is 5. The molecule has 1 aliphatic rings. The quantitative estimate of drug-likeness (QED) is 0.513. The molecule has 2 N–H and O–H groups in total. The van der Waals surface area contributed by atoms with Crippen molar-refractivity contribution in [2.75, 3.05) is 19.6 Å². The number of likely N-dealkylation sites (tertiary alicyclic amines) is 1. The molecule has 2 amide bonds. The minimum Gasteiger partial charge on any atom is -0.352 e. The number of aromatic amines is 1. The van der Waals surface area contributed by atoms with Gasteiger partial charge in [0.25, 0.3) is 11.8 Å². The number of para-hydroxylation sites is 1. The Labute approximate surface area is 183 Å². The van der Waals surface area contributed by atoms with E-state index in [4.69, 9.17) is 0 Å². The number of nitrogens with one attached hydrogen (secondary N) is 2. The summed E-state index contributed by atoms with van der Waals surface area (Å²) in [6.07, 6.45) is 4.45. The van der Waals surface area contributed by atoms with Crippen molar-refractivity contribution in [3.63, 3.8) is 0 Å². The van der Waals surface area contributed by atoms with Crippen LogP contribution in [0.4, 0.5) is 0 Å². The first kappa shape index (κ1) is 19.7. The second kappa shape index (κ2) is 8.11. The number of H-pyrrole nitrogens is 1. The van der Waals surface area contributed by atoms with Crippen LogP contribution in [0.25, 0.3) is 21.0 Å². The van der Waals surface area contributed by atoms with Crippen molar-refractivity contribution in [3.05, 3.63) is 59.9 Å². The van der Waals surface area contributed by atoms with Crippen molar-refractivity contribution < 1.29 is 9.59 Å². The third kappa shape index (κ3) is 3.79. The number of hydrogen-bond donors (Lipinski definition) is 2. The first-order chi connectivity index (χ1) is 15.1. The van der Waals surface area contributed by atoms with Gasteiger partial charge >= 0.3 is 0 Å². The lowest BCUT2D eigenvalue weighted by Crippen LogP contribution is -2.47. The number of benzene rings is 2. The molecule has 1 aliphatic heterocycles. The van der Waals surface area contributed by atoms with E-state index in [1.165, 1.54) is 11.5 Å². The molecule has 0 bridgehead atoms. The van der Waals surface area contributed by atoms with Crippen molar-refractivity contribution in [2.45, 2.75) is 13.3 Å². The zero-order valence-electron chi connectivity index (χ0n) is 17.2. The Balaban J connectivity index is 1.26. The van der Waals surface area contributed by atoms with Crippen LogP contribution in [0, 0.1) is 11.8 Å². The zero-order chi connectivity index (χ0) is 21.4. The molecule has 2 atom stereocenters. The van der Waals surface area contributed by atoms with Crippen LogP contribution in [-0.4, -0.2) is 50.9 Å². The fraction of sp³-hybridized carbons (Fsp3) is 0.304. The SMILES string of the molecule is CC1CCN(C(=O)c2cccc3cn[nH]c23)CC1CNC(=O)c1ccc2cnsc2c1. The highest BCUT2D eigenvalue weighted by Gasteiger charge is 2.30. The molecule has 5 rings (SSSR count). The Morgan fingerprint density at radius 2 is 2.13 bits per heavy atom. The molecule has 0 radical (unpaired) electrons. The van der Waals surface area contributed by atoms with Gasteiger partial charge in [-0.3, -0.25) is 14.7 Å². The summed E-state index contributed by atoms with van der Waals surface area (Å²) in [5.74, 6) is 0.549. The van der Waals surface area contributed by atoms with Gasteiger partial charge in [0.1, 0.15) is 0 Å². The number of nitrogens with zero attached hydrogens (tertiary/aromatic N) is 3. The summed E-state index contributed by atoms with van der Waals surface area (Å²) in [6, 6.07) is 11.3. The molecule has 2 aromatic carbocycles. The van der Waals surface area contributed by atoms with Crippen LogP contribution in [0.2, 0.25) is 0 Å². The summed E-state index contributed by atoms with van der Waals surface area (Å²) < 4.78 is 5.17. The normalized spacial score (nSPS) is 19.1. The number of amides is 2. The molecule has 158 valence electrons. The predicted molar refractivity (Wildman–Crippen MR) is 121 cm³/mol. The molecule has 7 nitrogen and oxygen atoms in total. The van der Waals surface area contributed by atoms with Crippen molar-refractivity contribution >= 4 is 44.3 Å². The maximum absolute atomic E-state index is 13.2. The van der Waals surface area contributed by atoms with Crippen LogP contribution >= 0.6 is 11.5 Å². The van der Waals surface area contributed by atoms with E-state index in [2.05, 4.69) is 26.8 Å². The van der Waals surface area contributed by atoms with E-state index in [9.17, 15) is 9.59 Å². The lowest BCUT2D eigenvalue weighted by atomic mass is 9.86. The molecule has 2 unspecified atom stereocenters. The third-order valence-electron chi connectivity index (χ3n) is 6.25. The third-order valence-corrected chi connectivity index (χ3v) is 7.01. The van der Waals surface area contributed by atoms with Gasteiger partial charge in [-0.05, 0) is 48.0 Å². The Morgan fingerprint density at radius 3 is 3.03 bits per heavy atom. The summed E-state index contributed by atoms with van der Waals surface area (Å²) in [5.41, 5.74) is 2.05. The van der Waals surface area contributed by atoms with Gasteiger partial charge in [0.05, 0.1) is 22.0 Å². The van der Waals surface area contributed by atoms with Gasteiger partial charge in [-0.2, -0.15) is 9.47 Å². The largest absolute Gasteiger partial charge is 0.352 e. The number of carbonyl (C=O) groups excluding carboxylic acids is 2. The van der Waals surface area contributed by atoms with Gasteiger partial charge in [0.15, 0.2) is 0 Å². The molecule has 0 aliphatic carbocycles. The van der Waals surface area contributed by atoms with Crippen molar-refractivity contribution in [1.82, 2.24) is 24.8 Å². The molecule has 4 aromatic rings. The lowest BCUT2D eigenvalue weighted by Gasteiger charge is -2.37. The molecule has 31 heavy (non-hydrogen) atoms. The monoisotopic (exact) mass is 433 g/mol. The maximum atomic E-state index is 13.2. The van der Waals surface area contributed by atoms with Gasteiger partial charge < -0.3 is 10.2 Å². The molecule has 0 spiro atoms. The summed E-state index contributed by atoms with van der Waals surface area (Å²) in [6.45, 7) is 4.08. The van der Waals surface area contributed by atoms with Crippen molar-refractivity contribution in [2.24, 2.45) is 11.8 Å². The number of carbonyl (C=O) groups is 2. The van der Waals surface area contributed by atoms with Gasteiger partial charge in [0.2, 0.25) is 0 Å². The summed E-state index contributed by atoms with van der Waals surface area (Å²) >= 11 is 1.39. The van der Waals surface area contributed by atoms with E-state index in [0.29, 0.717) is 30.1 Å². The van der Waals surface area contributed by atoms with E-state index >= 15 is 0 Å². The van der Waals surface area contributed by atoms with E-state index in [1.54, 1.807) is 12.4 Å². The zero-order valence-corrected chi connectivity index (χ0v) is 18.0. The van der Waals surface area contributed by atoms with Crippen LogP contribution in [0.15, 0.2) is 48.8 Å². The number of rotatable bonds is 4. The van der Waals surface area contributed by atoms with Crippen molar-refractivity contribution in [1.29, 1.82) is 0 Å². The average Bonchev–Trinajstić information content (AvgIpc) is 3.46. The standard InChI is InChI=1S/C23H23N5O2S/c1-14-7-8-28(23(30)19-4-2-3-17-11-25-27-21(17)19)13-18(14)10-24-22(29)15-5-6-16-12-26-31-20(16)9-15/h2-6,9,11-12,14,18H,7-8,10,13H2,1H3,(H,24,29)(H,25,27). The van der Waals surface area contributed by atoms with E-state index in [1.807, 2.05) is 41.3 Å². The maximum Gasteiger partial charge on any atom is 0.256 e. The number of aromatic nitrogens is 3. The minimum atomic E-state index is -0.0897. The first-order valence-corrected chi connectivity index (χ1v) is 11.2. The predicted octanol–water partition coefficient (Wildman–Crippen LogP) is 3.70. The molecule has 0 saturated carbocycles. The van der Waals surface area contributed by atoms with Crippen LogP contribution in [-0.2, 0) is 0 Å². The van der Waals surface area contributed by atoms with E-state index in [0.717, 1.165) is 34.0 Å². The number of fused-ring (bicyclic) bond motifs is 2. The topological polar surface area (TPSA) is 91.0 Å². The molecule has 2 aromatic heterocycles. The van der Waals surface area contributed by atoms with Gasteiger partial charge in [-0.1, -0.05) is 25.1 Å². The lowest BCUT2D eigenvalue weighted by molar-refractivity contribution is 0.0608. The molecular weight excluding hydrogens is 410 g/mol. The summed E-state index contributed by atoms with van der Waals surface area (Å²) in [5, 5.41) is 12.0. The van der Waals surface area contributed by atoms with E-state index < -0.39 is 0 Å². The Kier molecular flexibility index (Phi) is 5.15. The Bertz CT molecular complexity index is 1260. The smallest absolute Gasteiger partial charge is 0.256 e. The second-order valence-electron chi connectivity index (χ2n) is 8.21. The van der Waals surface area contributed by atoms with Gasteiger partial charge in [-0.25, -0.2) is 0 Å². The second-order valence-corrected chi connectivity index (χ2v) is 9.04. The van der Waals surface area contributed by atoms with Crippen LogP contribution in [0.1, 0.15) is 34.1 Å². The van der Waals surface area contributed by atoms with Gasteiger partial charge in [0, 0.05) is 42.2 Å².